The molecule has 0 aromatic carbocycles. The van der Waals surface area contributed by atoms with Crippen LogP contribution < -0.4 is 0 Å². The molecule has 3 heterocycles. The molecule has 1 aromatic rings. The molecule has 3 rings (SSSR count). The highest BCUT2D eigenvalue weighted by Gasteiger charge is 2.32. The van der Waals surface area contributed by atoms with Gasteiger partial charge in [-0.3, -0.25) is 4.79 Å². The highest BCUT2D eigenvalue weighted by atomic mass is 16.5. The highest BCUT2D eigenvalue weighted by Crippen LogP contribution is 2.34. The molecule has 1 amide bonds. The number of hydrogen-bond acceptors (Lipinski definition) is 3. The second-order valence-corrected chi connectivity index (χ2v) is 6.08. The molecule has 0 unspecified atom stereocenters. The quantitative estimate of drug-likeness (QED) is 0.834. The molecule has 21 heavy (non-hydrogen) atoms. The summed E-state index contributed by atoms with van der Waals surface area (Å²) in [5.74, 6) is 2.21. The minimum Gasteiger partial charge on any atom is -0.464 e. The van der Waals surface area contributed by atoms with E-state index in [1.54, 1.807) is 0 Å². The lowest BCUT2D eigenvalue weighted by molar-refractivity contribution is -0.133. The molecule has 0 aliphatic carbocycles. The summed E-state index contributed by atoms with van der Waals surface area (Å²) in [5, 5.41) is 0. The van der Waals surface area contributed by atoms with E-state index in [1.165, 1.54) is 0 Å². The SMILES string of the molecule is CCc1ccc([C@@H]2CCCN2C(=O)CC[C@@H]2CCCO2)o1. The maximum atomic E-state index is 12.5. The second kappa shape index (κ2) is 6.65. The van der Waals surface area contributed by atoms with Crippen LogP contribution in [0.15, 0.2) is 16.5 Å². The fourth-order valence-electron chi connectivity index (χ4n) is 3.42. The number of carbonyl (C=O) groups excluding carboxylic acids is 1. The van der Waals surface area contributed by atoms with Crippen LogP contribution in [0.1, 0.15) is 63.0 Å². The predicted molar refractivity (Wildman–Crippen MR) is 80.0 cm³/mol. The Kier molecular flexibility index (Phi) is 4.63. The zero-order chi connectivity index (χ0) is 14.7. The Bertz CT molecular complexity index is 476. The minimum absolute atomic E-state index is 0.141. The van der Waals surface area contributed by atoms with Gasteiger partial charge in [-0.1, -0.05) is 6.92 Å². The van der Waals surface area contributed by atoms with Crippen molar-refractivity contribution in [3.63, 3.8) is 0 Å². The average molecular weight is 291 g/mol. The lowest BCUT2D eigenvalue weighted by Crippen LogP contribution is -2.30. The standard InChI is InChI=1S/C17H25NO3/c1-2-13-7-9-16(21-13)15-6-3-11-18(15)17(19)10-8-14-5-4-12-20-14/h7,9,14-15H,2-6,8,10-12H2,1H3/t14-,15-/m0/s1. The molecular formula is C17H25NO3. The molecule has 4 heteroatoms. The van der Waals surface area contributed by atoms with Gasteiger partial charge in [-0.15, -0.1) is 0 Å². The van der Waals surface area contributed by atoms with Crippen LogP contribution in [0.4, 0.5) is 0 Å². The average Bonchev–Trinajstić information content (AvgIpc) is 3.23. The number of furan rings is 1. The minimum atomic E-state index is 0.141. The first kappa shape index (κ1) is 14.6. The van der Waals surface area contributed by atoms with Crippen molar-refractivity contribution in [2.24, 2.45) is 0 Å². The number of ether oxygens (including phenoxy) is 1. The molecule has 1 aromatic heterocycles. The lowest BCUT2D eigenvalue weighted by atomic mass is 10.1. The summed E-state index contributed by atoms with van der Waals surface area (Å²) < 4.78 is 11.5. The maximum absolute atomic E-state index is 12.5. The molecule has 2 aliphatic rings. The summed E-state index contributed by atoms with van der Waals surface area (Å²) in [6.07, 6.45) is 6.99. The second-order valence-electron chi connectivity index (χ2n) is 6.08. The van der Waals surface area contributed by atoms with Gasteiger partial charge in [0.1, 0.15) is 11.5 Å². The van der Waals surface area contributed by atoms with Crippen molar-refractivity contribution < 1.29 is 13.9 Å². The van der Waals surface area contributed by atoms with Crippen LogP contribution in [0.3, 0.4) is 0 Å². The van der Waals surface area contributed by atoms with Crippen molar-refractivity contribution in [3.05, 3.63) is 23.7 Å². The Morgan fingerprint density at radius 1 is 1.33 bits per heavy atom. The number of amides is 1. The van der Waals surface area contributed by atoms with Gasteiger partial charge in [0.2, 0.25) is 5.91 Å². The van der Waals surface area contributed by atoms with E-state index in [9.17, 15) is 4.79 Å². The molecule has 2 atom stereocenters. The first-order valence-corrected chi connectivity index (χ1v) is 8.27. The summed E-state index contributed by atoms with van der Waals surface area (Å²) in [6, 6.07) is 4.21. The molecule has 0 spiro atoms. The van der Waals surface area contributed by atoms with Crippen LogP contribution >= 0.6 is 0 Å². The van der Waals surface area contributed by atoms with E-state index in [0.717, 1.165) is 63.2 Å². The van der Waals surface area contributed by atoms with Crippen molar-refractivity contribution in [3.8, 4) is 0 Å². The molecule has 0 bridgehead atoms. The van der Waals surface area contributed by atoms with Crippen LogP contribution in [-0.2, 0) is 16.0 Å². The van der Waals surface area contributed by atoms with Crippen LogP contribution in [0.2, 0.25) is 0 Å². The van der Waals surface area contributed by atoms with Gasteiger partial charge in [-0.05, 0) is 44.2 Å². The number of nitrogens with zero attached hydrogens (tertiary/aromatic N) is 1. The van der Waals surface area contributed by atoms with E-state index in [0.29, 0.717) is 12.5 Å². The molecule has 2 saturated heterocycles. The smallest absolute Gasteiger partial charge is 0.223 e. The fraction of sp³-hybridized carbons (Fsp3) is 0.706. The van der Waals surface area contributed by atoms with Crippen molar-refractivity contribution in [1.29, 1.82) is 0 Å². The number of rotatable bonds is 5. The lowest BCUT2D eigenvalue weighted by Gasteiger charge is -2.23. The molecule has 2 fully saturated rings. The van der Waals surface area contributed by atoms with E-state index in [2.05, 4.69) is 6.92 Å². The van der Waals surface area contributed by atoms with Crippen LogP contribution in [0.5, 0.6) is 0 Å². The fourth-order valence-corrected chi connectivity index (χ4v) is 3.42. The molecule has 0 saturated carbocycles. The normalized spacial score (nSPS) is 25.7. The first-order valence-electron chi connectivity index (χ1n) is 8.27. The van der Waals surface area contributed by atoms with E-state index in [1.807, 2.05) is 17.0 Å². The monoisotopic (exact) mass is 291 g/mol. The first-order chi connectivity index (χ1) is 10.3. The Balaban J connectivity index is 1.58. The summed E-state index contributed by atoms with van der Waals surface area (Å²) in [6.45, 7) is 3.80. The third-order valence-electron chi connectivity index (χ3n) is 4.64. The van der Waals surface area contributed by atoms with Gasteiger partial charge in [0.25, 0.3) is 0 Å². The van der Waals surface area contributed by atoms with Gasteiger partial charge in [-0.2, -0.15) is 0 Å². The van der Waals surface area contributed by atoms with E-state index in [-0.39, 0.29) is 11.9 Å². The Morgan fingerprint density at radius 2 is 2.24 bits per heavy atom. The van der Waals surface area contributed by atoms with E-state index < -0.39 is 0 Å². The number of hydrogen-bond donors (Lipinski definition) is 0. The summed E-state index contributed by atoms with van der Waals surface area (Å²) in [5.41, 5.74) is 0. The molecule has 116 valence electrons. The van der Waals surface area contributed by atoms with Gasteiger partial charge < -0.3 is 14.1 Å². The van der Waals surface area contributed by atoms with Gasteiger partial charge in [0, 0.05) is 26.0 Å². The highest BCUT2D eigenvalue weighted by molar-refractivity contribution is 5.77. The van der Waals surface area contributed by atoms with Crippen molar-refractivity contribution in [2.45, 2.75) is 64.0 Å². The Morgan fingerprint density at radius 3 is 2.95 bits per heavy atom. The maximum Gasteiger partial charge on any atom is 0.223 e. The third kappa shape index (κ3) is 3.31. The zero-order valence-corrected chi connectivity index (χ0v) is 12.8. The Hall–Kier alpha value is -1.29. The van der Waals surface area contributed by atoms with Gasteiger partial charge in [-0.25, -0.2) is 0 Å². The van der Waals surface area contributed by atoms with Crippen molar-refractivity contribution in [2.75, 3.05) is 13.2 Å². The van der Waals surface area contributed by atoms with Crippen LogP contribution in [-0.4, -0.2) is 30.1 Å². The number of likely N-dealkylation sites (tertiary alicyclic amines) is 1. The third-order valence-corrected chi connectivity index (χ3v) is 4.64. The summed E-state index contributed by atoms with van der Waals surface area (Å²) in [4.78, 5) is 14.5. The largest absolute Gasteiger partial charge is 0.464 e. The van der Waals surface area contributed by atoms with Gasteiger partial charge >= 0.3 is 0 Å². The predicted octanol–water partition coefficient (Wildman–Crippen LogP) is 3.46. The van der Waals surface area contributed by atoms with Crippen molar-refractivity contribution >= 4 is 5.91 Å². The van der Waals surface area contributed by atoms with Crippen molar-refractivity contribution in [1.82, 2.24) is 4.90 Å². The van der Waals surface area contributed by atoms with Crippen LogP contribution in [0, 0.1) is 0 Å². The van der Waals surface area contributed by atoms with E-state index >= 15 is 0 Å². The molecule has 0 radical (unpaired) electrons. The number of aryl methyl sites for hydroxylation is 1. The number of carbonyl (C=O) groups is 1. The topological polar surface area (TPSA) is 42.7 Å². The Labute approximate surface area is 126 Å². The van der Waals surface area contributed by atoms with E-state index in [4.69, 9.17) is 9.15 Å². The molecule has 0 N–H and O–H groups in total. The molecule has 4 nitrogen and oxygen atoms in total. The van der Waals surface area contributed by atoms with Gasteiger partial charge in [0.15, 0.2) is 0 Å². The molecule has 2 aliphatic heterocycles. The summed E-state index contributed by atoms with van der Waals surface area (Å²) >= 11 is 0. The molecular weight excluding hydrogens is 266 g/mol. The zero-order valence-electron chi connectivity index (χ0n) is 12.8. The van der Waals surface area contributed by atoms with Gasteiger partial charge in [0.05, 0.1) is 12.1 Å². The van der Waals surface area contributed by atoms with Crippen LogP contribution in [0.25, 0.3) is 0 Å². The summed E-state index contributed by atoms with van der Waals surface area (Å²) in [7, 11) is 0.